The van der Waals surface area contributed by atoms with E-state index in [9.17, 15) is 22.4 Å². The molecule has 4 aromatic carbocycles. The Hall–Kier alpha value is -4.45. The Kier molecular flexibility index (Phi) is 10.1. The summed E-state index contributed by atoms with van der Waals surface area (Å²) in [7, 11) is -4.16. The third kappa shape index (κ3) is 8.29. The van der Waals surface area contributed by atoms with Crippen LogP contribution in [-0.4, -0.2) is 39.6 Å². The van der Waals surface area contributed by atoms with Gasteiger partial charge in [0, 0.05) is 10.7 Å². The van der Waals surface area contributed by atoms with Gasteiger partial charge in [0.2, 0.25) is 0 Å². The Morgan fingerprint density at radius 3 is 2.26 bits per heavy atom. The van der Waals surface area contributed by atoms with Crippen LogP contribution in [-0.2, 0) is 19.6 Å². The molecule has 0 aliphatic rings. The number of carbonyl (C=O) groups excluding carboxylic acids is 2. The summed E-state index contributed by atoms with van der Waals surface area (Å²) in [5.74, 6) is -1.14. The first-order valence-corrected chi connectivity index (χ1v) is 14.4. The van der Waals surface area contributed by atoms with E-state index in [2.05, 4.69) is 15.8 Å². The average Bonchev–Trinajstić information content (AvgIpc) is 2.97. The van der Waals surface area contributed by atoms with Crippen LogP contribution in [0, 0.1) is 5.82 Å². The fourth-order valence-electron chi connectivity index (χ4n) is 3.58. The van der Waals surface area contributed by atoms with Crippen LogP contribution in [0.25, 0.3) is 0 Å². The SMILES string of the molecule is O=C(CN(c1ccc(Cl)cc1Cl)S(=O)(=O)c1ccccc1)N/N=C\c1ccc(OCC(=O)Nc2ccc(F)cc2)cc1. The minimum Gasteiger partial charge on any atom is -0.484 e. The Bertz CT molecular complexity index is 1690. The predicted molar refractivity (Wildman–Crippen MR) is 160 cm³/mol. The number of carbonyl (C=O) groups is 2. The standard InChI is InChI=1S/C29H23Cl2FN4O5S/c30-21-8-15-27(26(31)16-21)36(42(39,40)25-4-2-1-3-5-25)18-28(37)35-33-17-20-6-13-24(14-7-20)41-19-29(38)34-23-11-9-22(32)10-12-23/h1-17H,18-19H2,(H,34,38)(H,35,37)/b33-17-. The first-order chi connectivity index (χ1) is 20.1. The number of benzene rings is 4. The Morgan fingerprint density at radius 1 is 0.905 bits per heavy atom. The summed E-state index contributed by atoms with van der Waals surface area (Å²) in [4.78, 5) is 24.8. The molecule has 2 N–H and O–H groups in total. The maximum atomic E-state index is 13.4. The topological polar surface area (TPSA) is 117 Å². The van der Waals surface area contributed by atoms with Crippen molar-refractivity contribution >= 4 is 62.6 Å². The molecule has 0 radical (unpaired) electrons. The number of ether oxygens (including phenoxy) is 1. The number of anilines is 2. The fourth-order valence-corrected chi connectivity index (χ4v) is 5.60. The number of halogens is 3. The molecule has 0 saturated heterocycles. The largest absolute Gasteiger partial charge is 0.484 e. The Morgan fingerprint density at radius 2 is 1.60 bits per heavy atom. The molecule has 9 nitrogen and oxygen atoms in total. The minimum atomic E-state index is -4.16. The second-order valence-electron chi connectivity index (χ2n) is 8.63. The molecule has 216 valence electrons. The van der Waals surface area contributed by atoms with Crippen LogP contribution in [0.5, 0.6) is 5.75 Å². The van der Waals surface area contributed by atoms with Crippen molar-refractivity contribution in [3.8, 4) is 5.75 Å². The van der Waals surface area contributed by atoms with Gasteiger partial charge in [0.15, 0.2) is 6.61 Å². The second-order valence-corrected chi connectivity index (χ2v) is 11.3. The molecule has 0 unspecified atom stereocenters. The van der Waals surface area contributed by atoms with Crippen molar-refractivity contribution in [2.45, 2.75) is 4.90 Å². The molecule has 0 heterocycles. The Balaban J connectivity index is 1.36. The number of nitrogens with one attached hydrogen (secondary N) is 2. The highest BCUT2D eigenvalue weighted by atomic mass is 35.5. The smallest absolute Gasteiger partial charge is 0.264 e. The van der Waals surface area contributed by atoms with Gasteiger partial charge in [-0.3, -0.25) is 13.9 Å². The summed E-state index contributed by atoms with van der Waals surface area (Å²) >= 11 is 12.3. The number of amides is 2. The molecule has 0 aromatic heterocycles. The number of nitrogens with zero attached hydrogens (tertiary/aromatic N) is 2. The van der Waals surface area contributed by atoms with Gasteiger partial charge in [-0.2, -0.15) is 5.10 Å². The minimum absolute atomic E-state index is 0.0254. The van der Waals surface area contributed by atoms with E-state index < -0.39 is 34.2 Å². The lowest BCUT2D eigenvalue weighted by Gasteiger charge is -2.24. The van der Waals surface area contributed by atoms with Gasteiger partial charge < -0.3 is 10.1 Å². The monoisotopic (exact) mass is 628 g/mol. The molecule has 0 aliphatic carbocycles. The van der Waals surface area contributed by atoms with Gasteiger partial charge in [0.25, 0.3) is 21.8 Å². The molecule has 0 bridgehead atoms. The molecule has 4 rings (SSSR count). The maximum Gasteiger partial charge on any atom is 0.264 e. The molecule has 42 heavy (non-hydrogen) atoms. The fraction of sp³-hybridized carbons (Fsp3) is 0.0690. The maximum absolute atomic E-state index is 13.4. The van der Waals surface area contributed by atoms with Crippen molar-refractivity contribution in [1.29, 1.82) is 0 Å². The Labute approximate surface area is 251 Å². The van der Waals surface area contributed by atoms with E-state index in [1.165, 1.54) is 60.8 Å². The van der Waals surface area contributed by atoms with E-state index in [1.807, 2.05) is 0 Å². The quantitative estimate of drug-likeness (QED) is 0.168. The van der Waals surface area contributed by atoms with Crippen LogP contribution in [0.3, 0.4) is 0 Å². The molecule has 13 heteroatoms. The normalized spacial score (nSPS) is 11.2. The van der Waals surface area contributed by atoms with Crippen molar-refractivity contribution in [3.05, 3.63) is 118 Å². The highest BCUT2D eigenvalue weighted by molar-refractivity contribution is 7.92. The van der Waals surface area contributed by atoms with Crippen molar-refractivity contribution in [3.63, 3.8) is 0 Å². The molecule has 0 fully saturated rings. The first kappa shape index (κ1) is 30.5. The lowest BCUT2D eigenvalue weighted by atomic mass is 10.2. The number of rotatable bonds is 11. The summed E-state index contributed by atoms with van der Waals surface area (Å²) in [6.07, 6.45) is 1.36. The van der Waals surface area contributed by atoms with E-state index in [0.717, 1.165) is 4.31 Å². The van der Waals surface area contributed by atoms with E-state index in [4.69, 9.17) is 27.9 Å². The molecular weight excluding hydrogens is 606 g/mol. The summed E-state index contributed by atoms with van der Waals surface area (Å²) in [6.45, 7) is -0.871. The van der Waals surface area contributed by atoms with E-state index >= 15 is 0 Å². The molecule has 0 atom stereocenters. The second kappa shape index (κ2) is 13.9. The van der Waals surface area contributed by atoms with Crippen molar-refractivity contribution in [2.24, 2.45) is 5.10 Å². The van der Waals surface area contributed by atoms with Gasteiger partial charge in [-0.05, 0) is 84.4 Å². The molecule has 0 saturated carbocycles. The van der Waals surface area contributed by atoms with Crippen molar-refractivity contribution < 1.29 is 27.1 Å². The highest BCUT2D eigenvalue weighted by Crippen LogP contribution is 2.32. The number of sulfonamides is 1. The van der Waals surface area contributed by atoms with Gasteiger partial charge >= 0.3 is 0 Å². The molecule has 4 aromatic rings. The molecular formula is C29H23Cl2FN4O5S. The zero-order valence-corrected chi connectivity index (χ0v) is 24.0. The summed E-state index contributed by atoms with van der Waals surface area (Å²) < 4.78 is 46.1. The van der Waals surface area contributed by atoms with Crippen LogP contribution < -0.4 is 19.8 Å². The van der Waals surface area contributed by atoms with Gasteiger partial charge in [0.05, 0.1) is 21.8 Å². The van der Waals surface area contributed by atoms with Crippen LogP contribution in [0.1, 0.15) is 5.56 Å². The number of hydrazone groups is 1. The van der Waals surface area contributed by atoms with Gasteiger partial charge in [0.1, 0.15) is 18.1 Å². The lowest BCUT2D eigenvalue weighted by Crippen LogP contribution is -2.39. The van der Waals surface area contributed by atoms with Crippen LogP contribution in [0.4, 0.5) is 15.8 Å². The summed E-state index contributed by atoms with van der Waals surface area (Å²) in [5, 5.41) is 6.85. The van der Waals surface area contributed by atoms with Gasteiger partial charge in [-0.1, -0.05) is 41.4 Å². The summed E-state index contributed by atoms with van der Waals surface area (Å²) in [5.41, 5.74) is 3.42. The third-order valence-electron chi connectivity index (χ3n) is 5.58. The molecule has 2 amide bonds. The third-order valence-corrected chi connectivity index (χ3v) is 7.89. The zero-order chi connectivity index (χ0) is 30.1. The zero-order valence-electron chi connectivity index (χ0n) is 21.7. The van der Waals surface area contributed by atoms with Gasteiger partial charge in [-0.15, -0.1) is 0 Å². The molecule has 0 aliphatic heterocycles. The average molecular weight is 629 g/mol. The van der Waals surface area contributed by atoms with E-state index in [-0.39, 0.29) is 22.2 Å². The first-order valence-electron chi connectivity index (χ1n) is 12.2. The predicted octanol–water partition coefficient (Wildman–Crippen LogP) is 5.50. The summed E-state index contributed by atoms with van der Waals surface area (Å²) in [6, 6.07) is 23.7. The highest BCUT2D eigenvalue weighted by Gasteiger charge is 2.28. The van der Waals surface area contributed by atoms with Crippen molar-refractivity contribution in [1.82, 2.24) is 5.43 Å². The van der Waals surface area contributed by atoms with E-state index in [1.54, 1.807) is 42.5 Å². The van der Waals surface area contributed by atoms with Gasteiger partial charge in [-0.25, -0.2) is 18.2 Å². The molecule has 0 spiro atoms. The van der Waals surface area contributed by atoms with Crippen LogP contribution in [0.2, 0.25) is 10.0 Å². The van der Waals surface area contributed by atoms with Crippen LogP contribution >= 0.6 is 23.2 Å². The van der Waals surface area contributed by atoms with Crippen LogP contribution in [0.15, 0.2) is 107 Å². The lowest BCUT2D eigenvalue weighted by molar-refractivity contribution is -0.119. The van der Waals surface area contributed by atoms with Crippen molar-refractivity contribution in [2.75, 3.05) is 22.8 Å². The number of hydrogen-bond donors (Lipinski definition) is 2. The van der Waals surface area contributed by atoms with E-state index in [0.29, 0.717) is 22.0 Å². The number of hydrogen-bond acceptors (Lipinski definition) is 6.